The third-order valence-electron chi connectivity index (χ3n) is 23.5. The van der Waals surface area contributed by atoms with Crippen molar-refractivity contribution in [3.05, 3.63) is 366 Å². The molecule has 14 aromatic rings. The number of rotatable bonds is 10. The molecule has 530 valence electrons. The number of para-hydroxylation sites is 1. The summed E-state index contributed by atoms with van der Waals surface area (Å²) in [6, 6.07) is 122. The maximum absolute atomic E-state index is 2.72. The highest BCUT2D eigenvalue weighted by atomic mass is 15.2. The normalized spacial score (nSPS) is 13.7. The van der Waals surface area contributed by atoms with E-state index >= 15 is 0 Å². The molecular weight excluding hydrogens is 1300 g/mol. The highest BCUT2D eigenvalue weighted by Gasteiger charge is 2.50. The van der Waals surface area contributed by atoms with E-state index in [0.717, 1.165) is 61.9 Å². The van der Waals surface area contributed by atoms with Gasteiger partial charge in [0.05, 0.1) is 16.8 Å². The zero-order chi connectivity index (χ0) is 75.0. The van der Waals surface area contributed by atoms with Crippen LogP contribution in [-0.4, -0.2) is 6.71 Å². The Bertz CT molecular complexity index is 5650. The van der Waals surface area contributed by atoms with Crippen molar-refractivity contribution in [3.63, 3.8) is 0 Å². The molecule has 0 bridgehead atoms. The van der Waals surface area contributed by atoms with Gasteiger partial charge in [0, 0.05) is 39.4 Å². The molecule has 2 heterocycles. The largest absolute Gasteiger partial charge is 0.311 e. The highest BCUT2D eigenvalue weighted by molar-refractivity contribution is 7.00. The summed E-state index contributed by atoms with van der Waals surface area (Å²) in [7, 11) is 0. The number of hydrogen-bond donors (Lipinski definition) is 0. The van der Waals surface area contributed by atoms with Crippen LogP contribution < -0.4 is 26.2 Å². The van der Waals surface area contributed by atoms with E-state index in [1.165, 1.54) is 117 Å². The van der Waals surface area contributed by atoms with E-state index in [4.69, 9.17) is 0 Å². The number of hydrogen-bond acceptors (Lipinski definition) is 2. The van der Waals surface area contributed by atoms with Gasteiger partial charge in [0.2, 0.25) is 0 Å². The van der Waals surface area contributed by atoms with Crippen LogP contribution >= 0.6 is 0 Å². The Hall–Kier alpha value is -11.3. The van der Waals surface area contributed by atoms with Crippen LogP contribution in [0.1, 0.15) is 154 Å². The zero-order valence-corrected chi connectivity index (χ0v) is 65.5. The van der Waals surface area contributed by atoms with Gasteiger partial charge in [0.1, 0.15) is 0 Å². The van der Waals surface area contributed by atoms with Crippen molar-refractivity contribution >= 4 is 57.2 Å². The lowest BCUT2D eigenvalue weighted by molar-refractivity contribution is 0.568. The quantitative estimate of drug-likeness (QED) is 0.126. The van der Waals surface area contributed by atoms with Crippen LogP contribution in [0.15, 0.2) is 315 Å². The Kier molecular flexibility index (Phi) is 16.8. The fourth-order valence-electron chi connectivity index (χ4n) is 17.6. The second-order valence-corrected chi connectivity index (χ2v) is 35.7. The van der Waals surface area contributed by atoms with Crippen molar-refractivity contribution in [1.82, 2.24) is 0 Å². The lowest BCUT2D eigenvalue weighted by Crippen LogP contribution is -2.61. The predicted octanol–water partition coefficient (Wildman–Crippen LogP) is 26.6. The maximum Gasteiger partial charge on any atom is 0.252 e. The average molecular weight is 1400 g/mol. The van der Waals surface area contributed by atoms with Crippen LogP contribution in [0.4, 0.5) is 34.1 Å². The number of anilines is 6. The van der Waals surface area contributed by atoms with Gasteiger partial charge in [0.15, 0.2) is 0 Å². The van der Waals surface area contributed by atoms with E-state index in [1.807, 2.05) is 0 Å². The number of fused-ring (bicyclic) bond motifs is 7. The number of nitrogens with zero attached hydrogens (tertiary/aromatic N) is 2. The van der Waals surface area contributed by atoms with Crippen molar-refractivity contribution < 1.29 is 0 Å². The molecule has 0 N–H and O–H groups in total. The van der Waals surface area contributed by atoms with Gasteiger partial charge in [-0.25, -0.2) is 0 Å². The number of benzene rings is 14. The van der Waals surface area contributed by atoms with Gasteiger partial charge in [-0.1, -0.05) is 383 Å². The molecule has 0 amide bonds. The first-order valence-corrected chi connectivity index (χ1v) is 38.9. The molecule has 0 unspecified atom stereocenters. The third kappa shape index (κ3) is 11.9. The van der Waals surface area contributed by atoms with Gasteiger partial charge in [-0.2, -0.15) is 0 Å². The summed E-state index contributed by atoms with van der Waals surface area (Å²) in [5.74, 6) is 0. The van der Waals surface area contributed by atoms with E-state index in [1.54, 1.807) is 0 Å². The van der Waals surface area contributed by atoms with Crippen molar-refractivity contribution in [3.8, 4) is 77.9 Å². The summed E-state index contributed by atoms with van der Waals surface area (Å²) >= 11 is 0. The lowest BCUT2D eigenvalue weighted by Gasteiger charge is -2.46. The second-order valence-electron chi connectivity index (χ2n) is 35.7. The van der Waals surface area contributed by atoms with Gasteiger partial charge in [-0.05, 0) is 191 Å². The van der Waals surface area contributed by atoms with E-state index in [0.29, 0.717) is 0 Å². The van der Waals surface area contributed by atoms with Gasteiger partial charge in [-0.15, -0.1) is 0 Å². The van der Waals surface area contributed by atoms with Gasteiger partial charge < -0.3 is 9.80 Å². The smallest absolute Gasteiger partial charge is 0.252 e. The second kappa shape index (κ2) is 26.0. The molecule has 0 radical (unpaired) electrons. The molecule has 2 aliphatic heterocycles. The van der Waals surface area contributed by atoms with Gasteiger partial charge in [-0.3, -0.25) is 0 Å². The predicted molar refractivity (Wildman–Crippen MR) is 464 cm³/mol. The molecular formula is C105H97BN2. The first kappa shape index (κ1) is 69.8. The first-order valence-electron chi connectivity index (χ1n) is 38.9. The Labute approximate surface area is 642 Å². The monoisotopic (exact) mass is 1400 g/mol. The van der Waals surface area contributed by atoms with Crippen LogP contribution in [0, 0.1) is 0 Å². The topological polar surface area (TPSA) is 6.48 Å². The zero-order valence-electron chi connectivity index (χ0n) is 65.5. The molecule has 108 heavy (non-hydrogen) atoms. The van der Waals surface area contributed by atoms with Crippen molar-refractivity contribution in [2.75, 3.05) is 9.80 Å². The van der Waals surface area contributed by atoms with Crippen LogP contribution in [0.2, 0.25) is 0 Å². The Morgan fingerprint density at radius 2 is 0.630 bits per heavy atom. The minimum atomic E-state index is -0.709. The molecule has 1 aliphatic carbocycles. The Balaban J connectivity index is 1.08. The summed E-state index contributed by atoms with van der Waals surface area (Å²) in [5.41, 5.74) is 37.5. The highest BCUT2D eigenvalue weighted by Crippen LogP contribution is 2.61. The molecule has 0 aromatic heterocycles. The van der Waals surface area contributed by atoms with E-state index in [2.05, 4.69) is 429 Å². The third-order valence-corrected chi connectivity index (χ3v) is 23.5. The molecule has 0 fully saturated rings. The summed E-state index contributed by atoms with van der Waals surface area (Å²) in [6.07, 6.45) is 0. The van der Waals surface area contributed by atoms with E-state index in [-0.39, 0.29) is 33.8 Å². The van der Waals surface area contributed by atoms with Crippen LogP contribution in [-0.2, 0) is 32.5 Å². The Morgan fingerprint density at radius 1 is 0.231 bits per heavy atom. The summed E-state index contributed by atoms with van der Waals surface area (Å²) < 4.78 is 0. The van der Waals surface area contributed by atoms with E-state index < -0.39 is 5.41 Å². The molecule has 3 aliphatic rings. The standard InChI is InChI=1S/C105H97BN2/c1-100(2,3)78-53-56-92(88(67-78)70-39-25-18-26-40-70)107-94-62-72(74-59-81(103(10,11)12)66-82(60-74)104(13,14)15)51-54-90(94)106-91-61-71(73-57-79(101(4,5)6)65-80(58-73)102(7,8)9)52-55-93(91)108(99-84(68-35-21-16-22-36-68)47-34-48-85(99)69-37-23-17-24-38-69)96-64-75(63-95(107)98(96)106)83-46-33-49-87-86-45-31-32-50-89(86)105(97(83)87,76-41-27-19-28-42-76)77-43-29-20-30-44-77/h16-67H,1-15H3. The molecule has 0 spiro atoms. The average Bonchev–Trinajstić information content (AvgIpc) is 1.69. The van der Waals surface area contributed by atoms with Gasteiger partial charge >= 0.3 is 0 Å². The fourth-order valence-corrected chi connectivity index (χ4v) is 17.6. The van der Waals surface area contributed by atoms with Crippen molar-refractivity contribution in [2.24, 2.45) is 0 Å². The van der Waals surface area contributed by atoms with Crippen molar-refractivity contribution in [2.45, 2.75) is 136 Å². The summed E-state index contributed by atoms with van der Waals surface area (Å²) in [5, 5.41) is 0. The van der Waals surface area contributed by atoms with Crippen molar-refractivity contribution in [1.29, 1.82) is 0 Å². The maximum atomic E-state index is 2.72. The molecule has 0 saturated heterocycles. The molecule has 0 atom stereocenters. The SMILES string of the molecule is CC(C)(C)c1cc(-c2ccc3c(c2)B2c4ccc(-c5cc(C(C)(C)C)cc(C(C)(C)C)c5)cc4N(c4ccc(C(C)(C)C)cc4-c4ccccc4)c4cc(-c5cccc6c5C(c5ccccc5)(c5ccccc5)c5ccccc5-6)cc(c42)N3c2c(-c3ccccc3)cccc2-c2ccccc2)cc(C(C)(C)C)c1. The lowest BCUT2D eigenvalue weighted by atomic mass is 9.33. The van der Waals surface area contributed by atoms with Crippen LogP contribution in [0.25, 0.3) is 77.9 Å². The van der Waals surface area contributed by atoms with E-state index in [9.17, 15) is 0 Å². The summed E-state index contributed by atoms with van der Waals surface area (Å²) in [6.45, 7) is 35.1. The minimum absolute atomic E-state index is 0.0989. The molecule has 14 aromatic carbocycles. The minimum Gasteiger partial charge on any atom is -0.311 e. The van der Waals surface area contributed by atoms with Crippen LogP contribution in [0.3, 0.4) is 0 Å². The van der Waals surface area contributed by atoms with Crippen LogP contribution in [0.5, 0.6) is 0 Å². The molecule has 0 saturated carbocycles. The molecule has 3 heteroatoms. The molecule has 17 rings (SSSR count). The molecule has 2 nitrogen and oxygen atoms in total. The fraction of sp³-hybridized carbons (Fsp3) is 0.200. The Morgan fingerprint density at radius 3 is 1.13 bits per heavy atom. The first-order chi connectivity index (χ1) is 51.7. The van der Waals surface area contributed by atoms with Gasteiger partial charge in [0.25, 0.3) is 6.71 Å². The summed E-state index contributed by atoms with van der Waals surface area (Å²) in [4.78, 5) is 5.44.